The summed E-state index contributed by atoms with van der Waals surface area (Å²) in [5.74, 6) is 2.58. The summed E-state index contributed by atoms with van der Waals surface area (Å²) in [5, 5.41) is 0.993. The van der Waals surface area contributed by atoms with Gasteiger partial charge in [-0.05, 0) is 73.3 Å². The van der Waals surface area contributed by atoms with Crippen molar-refractivity contribution < 1.29 is 14.0 Å². The molecular weight excluding hydrogens is 723 g/mol. The maximum absolute atomic E-state index is 14.3. The van der Waals surface area contributed by atoms with E-state index in [0.29, 0.717) is 26.1 Å². The molecule has 1 aliphatic heterocycles. The van der Waals surface area contributed by atoms with Crippen LogP contribution in [0.2, 0.25) is 0 Å². The second-order valence-corrected chi connectivity index (χ2v) is 15.1. The Bertz CT molecular complexity index is 2450. The molecule has 1 aliphatic rings. The molecule has 2 amide bonds. The fraction of sp³-hybridized carbons (Fsp3) is 0.292. The van der Waals surface area contributed by atoms with Gasteiger partial charge in [0, 0.05) is 29.6 Å². The van der Waals surface area contributed by atoms with Gasteiger partial charge in [-0.2, -0.15) is 0 Å². The molecule has 1 saturated heterocycles. The molecule has 58 heavy (non-hydrogen) atoms. The van der Waals surface area contributed by atoms with Crippen LogP contribution in [0, 0.1) is 0 Å². The van der Waals surface area contributed by atoms with E-state index >= 15 is 0 Å². The van der Waals surface area contributed by atoms with Gasteiger partial charge in [0.25, 0.3) is 0 Å². The van der Waals surface area contributed by atoms with Gasteiger partial charge >= 0.3 is 0 Å². The third-order valence-corrected chi connectivity index (χ3v) is 11.3. The van der Waals surface area contributed by atoms with Crippen LogP contribution in [-0.2, 0) is 22.6 Å². The predicted octanol–water partition coefficient (Wildman–Crippen LogP) is 9.61. The van der Waals surface area contributed by atoms with Crippen LogP contribution in [0.3, 0.4) is 0 Å². The molecule has 296 valence electrons. The molecule has 3 aromatic heterocycles. The van der Waals surface area contributed by atoms with E-state index in [1.807, 2.05) is 82.9 Å². The molecule has 1 fully saturated rings. The van der Waals surface area contributed by atoms with Gasteiger partial charge < -0.3 is 24.2 Å². The molecule has 4 aromatic carbocycles. The molecule has 0 radical (unpaired) electrons. The van der Waals surface area contributed by atoms with Crippen LogP contribution in [0.15, 0.2) is 126 Å². The lowest BCUT2D eigenvalue weighted by atomic mass is 10.0. The van der Waals surface area contributed by atoms with Crippen molar-refractivity contribution in [1.29, 1.82) is 0 Å². The standard InChI is InChI=1S/C48H51N7O3/c1-4-25-54(45(56)27-33-14-9-7-10-15-33)32-44-49-30-39(51-44)34-19-21-35(22-20-34)43-29-38-28-37(23-24-42(38)58-43)40-31-50-47(52-40)41-18-13-26-55(41)48(57)46(53(5-2)6-3)36-16-11-8-12-17-36/h7-12,14-17,19-24,28-31,41,46H,4-6,13,18,25-27,32H2,1-3H3,(H,49,51)(H,50,52)/t41-,46+/m0/s1. The number of amides is 2. The lowest BCUT2D eigenvalue weighted by Gasteiger charge is -2.34. The smallest absolute Gasteiger partial charge is 0.245 e. The van der Waals surface area contributed by atoms with Gasteiger partial charge in [-0.25, -0.2) is 9.97 Å². The molecule has 7 aromatic rings. The number of likely N-dealkylation sites (tertiary alicyclic amines) is 1. The first-order chi connectivity index (χ1) is 28.4. The molecule has 2 atom stereocenters. The van der Waals surface area contributed by atoms with Crippen molar-refractivity contribution in [2.45, 2.75) is 65.1 Å². The van der Waals surface area contributed by atoms with Crippen molar-refractivity contribution in [2.24, 2.45) is 0 Å². The summed E-state index contributed by atoms with van der Waals surface area (Å²) >= 11 is 0. The molecule has 10 heteroatoms. The number of benzene rings is 4. The number of nitrogens with zero attached hydrogens (tertiary/aromatic N) is 5. The Labute approximate surface area is 339 Å². The Hall–Kier alpha value is -6.26. The second-order valence-electron chi connectivity index (χ2n) is 15.1. The topological polar surface area (TPSA) is 114 Å². The minimum absolute atomic E-state index is 0.0926. The van der Waals surface area contributed by atoms with E-state index in [9.17, 15) is 9.59 Å². The molecule has 0 spiro atoms. The van der Waals surface area contributed by atoms with E-state index in [4.69, 9.17) is 9.40 Å². The zero-order chi connectivity index (χ0) is 40.0. The minimum Gasteiger partial charge on any atom is -0.456 e. The van der Waals surface area contributed by atoms with E-state index in [0.717, 1.165) is 99.9 Å². The Morgan fingerprint density at radius 3 is 2.24 bits per heavy atom. The monoisotopic (exact) mass is 773 g/mol. The SMILES string of the molecule is CCCN(Cc1ncc(-c2ccc(-c3cc4cc(-c5cnc([C@@H]6CCCN6C(=O)[C@@H](c6ccccc6)N(CC)CC)[nH]5)ccc4o3)cc2)[nH]1)C(=O)Cc1ccccc1. The Kier molecular flexibility index (Phi) is 11.6. The number of furan rings is 1. The highest BCUT2D eigenvalue weighted by Crippen LogP contribution is 2.37. The zero-order valence-electron chi connectivity index (χ0n) is 33.5. The Morgan fingerprint density at radius 1 is 0.810 bits per heavy atom. The Morgan fingerprint density at radius 2 is 1.50 bits per heavy atom. The van der Waals surface area contributed by atoms with Gasteiger partial charge in [0.2, 0.25) is 11.8 Å². The van der Waals surface area contributed by atoms with E-state index in [2.05, 4.69) is 89.2 Å². The van der Waals surface area contributed by atoms with Crippen molar-refractivity contribution in [2.75, 3.05) is 26.2 Å². The summed E-state index contributed by atoms with van der Waals surface area (Å²) < 4.78 is 6.32. The number of imidazole rings is 2. The van der Waals surface area contributed by atoms with Crippen LogP contribution in [0.4, 0.5) is 0 Å². The van der Waals surface area contributed by atoms with E-state index in [-0.39, 0.29) is 23.9 Å². The normalized spacial score (nSPS) is 14.7. The summed E-state index contributed by atoms with van der Waals surface area (Å²) in [6.45, 7) is 9.72. The van der Waals surface area contributed by atoms with E-state index in [1.54, 1.807) is 0 Å². The van der Waals surface area contributed by atoms with Gasteiger partial charge in [-0.3, -0.25) is 14.5 Å². The molecule has 0 aliphatic carbocycles. The summed E-state index contributed by atoms with van der Waals surface area (Å²) in [4.78, 5) is 50.0. The molecule has 10 nitrogen and oxygen atoms in total. The van der Waals surface area contributed by atoms with Crippen LogP contribution in [0.5, 0.6) is 0 Å². The summed E-state index contributed by atoms with van der Waals surface area (Å²) in [6.07, 6.45) is 6.77. The summed E-state index contributed by atoms with van der Waals surface area (Å²) in [5.41, 5.74) is 7.61. The maximum atomic E-state index is 14.3. The first-order valence-electron chi connectivity index (χ1n) is 20.6. The van der Waals surface area contributed by atoms with Gasteiger partial charge in [0.1, 0.15) is 29.0 Å². The second kappa shape index (κ2) is 17.5. The largest absolute Gasteiger partial charge is 0.456 e. The van der Waals surface area contributed by atoms with Crippen LogP contribution in [-0.4, -0.2) is 72.6 Å². The maximum Gasteiger partial charge on any atom is 0.245 e. The molecule has 8 rings (SSSR count). The average molecular weight is 774 g/mol. The molecular formula is C48H51N7O3. The molecule has 2 N–H and O–H groups in total. The van der Waals surface area contributed by atoms with Gasteiger partial charge in [-0.15, -0.1) is 0 Å². The third kappa shape index (κ3) is 8.24. The fourth-order valence-corrected chi connectivity index (χ4v) is 8.24. The van der Waals surface area contributed by atoms with Crippen LogP contribution in [0.25, 0.3) is 44.8 Å². The van der Waals surface area contributed by atoms with Crippen LogP contribution < -0.4 is 0 Å². The van der Waals surface area contributed by atoms with Gasteiger partial charge in [0.05, 0.1) is 42.8 Å². The zero-order valence-corrected chi connectivity index (χ0v) is 33.5. The number of carbonyl (C=O) groups excluding carboxylic acids is 2. The van der Waals surface area contributed by atoms with E-state index in [1.165, 1.54) is 0 Å². The number of H-pyrrole nitrogens is 2. The van der Waals surface area contributed by atoms with Gasteiger partial charge in [-0.1, -0.05) is 106 Å². The first kappa shape index (κ1) is 38.6. The summed E-state index contributed by atoms with van der Waals surface area (Å²) in [7, 11) is 0. The summed E-state index contributed by atoms with van der Waals surface area (Å²) in [6, 6.07) is 36.0. The number of carbonyl (C=O) groups is 2. The average Bonchev–Trinajstić information content (AvgIpc) is 4.10. The number of nitrogens with one attached hydrogen (secondary N) is 2. The fourth-order valence-electron chi connectivity index (χ4n) is 8.24. The van der Waals surface area contributed by atoms with Crippen molar-refractivity contribution >= 4 is 22.8 Å². The number of likely N-dealkylation sites (N-methyl/N-ethyl adjacent to an activating group) is 1. The van der Waals surface area contributed by atoms with Crippen LogP contribution in [0.1, 0.15) is 74.9 Å². The quantitative estimate of drug-likeness (QED) is 0.107. The highest BCUT2D eigenvalue weighted by Gasteiger charge is 2.38. The predicted molar refractivity (Wildman–Crippen MR) is 228 cm³/mol. The molecule has 0 saturated carbocycles. The number of fused-ring (bicyclic) bond motifs is 1. The number of rotatable bonds is 15. The minimum atomic E-state index is -0.325. The van der Waals surface area contributed by atoms with Crippen molar-refractivity contribution in [3.8, 4) is 33.8 Å². The first-order valence-corrected chi connectivity index (χ1v) is 20.6. The number of hydrogen-bond acceptors (Lipinski definition) is 6. The van der Waals surface area contributed by atoms with Crippen molar-refractivity contribution in [3.05, 3.63) is 144 Å². The van der Waals surface area contributed by atoms with E-state index < -0.39 is 0 Å². The lowest BCUT2D eigenvalue weighted by molar-refractivity contribution is -0.138. The Balaban J connectivity index is 0.947. The number of aromatic nitrogens is 4. The highest BCUT2D eigenvalue weighted by atomic mass is 16.3. The number of hydrogen-bond donors (Lipinski definition) is 2. The third-order valence-electron chi connectivity index (χ3n) is 11.3. The lowest BCUT2D eigenvalue weighted by Crippen LogP contribution is -2.43. The van der Waals surface area contributed by atoms with Crippen LogP contribution >= 0.6 is 0 Å². The molecule has 0 unspecified atom stereocenters. The molecule has 0 bridgehead atoms. The highest BCUT2D eigenvalue weighted by molar-refractivity contribution is 5.87. The van der Waals surface area contributed by atoms with Crippen molar-refractivity contribution in [3.63, 3.8) is 0 Å². The van der Waals surface area contributed by atoms with Crippen molar-refractivity contribution in [1.82, 2.24) is 34.6 Å². The molecule has 4 heterocycles. The van der Waals surface area contributed by atoms with Gasteiger partial charge in [0.15, 0.2) is 0 Å². The number of aromatic amines is 2.